The Labute approximate surface area is 157 Å². The molecule has 150 valence electrons. The quantitative estimate of drug-likeness (QED) is 0.326. The van der Waals surface area contributed by atoms with Crippen LogP contribution in [-0.4, -0.2) is 47.8 Å². The van der Waals surface area contributed by atoms with E-state index in [0.717, 1.165) is 0 Å². The van der Waals surface area contributed by atoms with Crippen LogP contribution in [0, 0.1) is 11.8 Å². The fraction of sp³-hybridized carbons (Fsp3) is 0.632. The second kappa shape index (κ2) is 11.3. The lowest BCUT2D eigenvalue weighted by Gasteiger charge is -2.20. The maximum absolute atomic E-state index is 12.2. The van der Waals surface area contributed by atoms with Crippen LogP contribution in [-0.2, 0) is 33.4 Å². The molecule has 8 heteroatoms. The standard InChI is InChI=1S/C19H26O8/c1-12(20)27-17-11-16(22)14(9-10-18(23)24)15(17)8-7-13(21)5-3-4-6-19(25)26-2/h7-8,14-15,17H,3-6,9-11H2,1-2H3,(H,23,24)/t14-,15?,17-/m0/s1. The Bertz CT molecular complexity index is 607. The number of ether oxygens (including phenoxy) is 2. The van der Waals surface area contributed by atoms with E-state index in [-0.39, 0.29) is 49.6 Å². The summed E-state index contributed by atoms with van der Waals surface area (Å²) in [5, 5.41) is 8.85. The lowest BCUT2D eigenvalue weighted by molar-refractivity contribution is -0.147. The number of rotatable bonds is 11. The van der Waals surface area contributed by atoms with E-state index in [2.05, 4.69) is 4.74 Å². The normalized spacial score (nSPS) is 22.0. The lowest BCUT2D eigenvalue weighted by Crippen LogP contribution is -2.24. The van der Waals surface area contributed by atoms with Crippen molar-refractivity contribution in [2.45, 2.75) is 58.0 Å². The van der Waals surface area contributed by atoms with Crippen LogP contribution in [0.25, 0.3) is 0 Å². The number of carboxylic acid groups (broad SMARTS) is 1. The fourth-order valence-electron chi connectivity index (χ4n) is 3.16. The largest absolute Gasteiger partial charge is 0.481 e. The minimum absolute atomic E-state index is 0.0200. The summed E-state index contributed by atoms with van der Waals surface area (Å²) in [7, 11) is 1.30. The van der Waals surface area contributed by atoms with Crippen LogP contribution >= 0.6 is 0 Å². The van der Waals surface area contributed by atoms with E-state index in [9.17, 15) is 24.0 Å². The van der Waals surface area contributed by atoms with Crippen molar-refractivity contribution in [1.82, 2.24) is 0 Å². The van der Waals surface area contributed by atoms with E-state index in [1.807, 2.05) is 0 Å². The molecular formula is C19H26O8. The zero-order valence-electron chi connectivity index (χ0n) is 15.6. The van der Waals surface area contributed by atoms with E-state index < -0.39 is 29.9 Å². The molecule has 1 rings (SSSR count). The third-order valence-electron chi connectivity index (χ3n) is 4.48. The summed E-state index contributed by atoms with van der Waals surface area (Å²) in [5.74, 6) is -3.30. The molecule has 1 N–H and O–H groups in total. The maximum atomic E-state index is 12.2. The first kappa shape index (κ1) is 22.5. The number of carbonyl (C=O) groups is 5. The van der Waals surface area contributed by atoms with Gasteiger partial charge in [-0.05, 0) is 25.3 Å². The molecule has 0 heterocycles. The summed E-state index contributed by atoms with van der Waals surface area (Å²) in [6.07, 6.45) is 3.75. The zero-order valence-corrected chi connectivity index (χ0v) is 15.6. The minimum Gasteiger partial charge on any atom is -0.481 e. The second-order valence-corrected chi connectivity index (χ2v) is 6.54. The molecule has 0 saturated heterocycles. The van der Waals surface area contributed by atoms with Gasteiger partial charge in [-0.25, -0.2) is 0 Å². The van der Waals surface area contributed by atoms with Gasteiger partial charge in [0, 0.05) is 44.4 Å². The monoisotopic (exact) mass is 382 g/mol. The number of aliphatic carboxylic acids is 1. The van der Waals surface area contributed by atoms with E-state index in [0.29, 0.717) is 12.8 Å². The van der Waals surface area contributed by atoms with Gasteiger partial charge in [0.2, 0.25) is 0 Å². The van der Waals surface area contributed by atoms with Crippen molar-refractivity contribution in [3.63, 3.8) is 0 Å². The molecular weight excluding hydrogens is 356 g/mol. The molecule has 1 unspecified atom stereocenters. The van der Waals surface area contributed by atoms with Gasteiger partial charge in [-0.1, -0.05) is 6.08 Å². The van der Waals surface area contributed by atoms with Crippen LogP contribution in [0.4, 0.5) is 0 Å². The highest BCUT2D eigenvalue weighted by molar-refractivity contribution is 5.90. The number of allylic oxidation sites excluding steroid dienone is 1. The smallest absolute Gasteiger partial charge is 0.305 e. The molecule has 1 aliphatic carbocycles. The number of carbonyl (C=O) groups excluding carboxylic acids is 4. The fourth-order valence-corrected chi connectivity index (χ4v) is 3.16. The lowest BCUT2D eigenvalue weighted by atomic mass is 9.89. The summed E-state index contributed by atoms with van der Waals surface area (Å²) in [4.78, 5) is 57.3. The topological polar surface area (TPSA) is 124 Å². The molecule has 0 amide bonds. The van der Waals surface area contributed by atoms with Crippen LogP contribution in [0.15, 0.2) is 12.2 Å². The van der Waals surface area contributed by atoms with Gasteiger partial charge in [0.25, 0.3) is 0 Å². The van der Waals surface area contributed by atoms with Crippen LogP contribution in [0.3, 0.4) is 0 Å². The number of ketones is 2. The molecule has 3 atom stereocenters. The number of esters is 2. The van der Waals surface area contributed by atoms with Crippen LogP contribution in [0.1, 0.15) is 51.9 Å². The first-order valence-electron chi connectivity index (χ1n) is 8.94. The molecule has 1 saturated carbocycles. The van der Waals surface area contributed by atoms with Gasteiger partial charge in [-0.3, -0.25) is 24.0 Å². The van der Waals surface area contributed by atoms with Crippen molar-refractivity contribution in [3.8, 4) is 0 Å². The average Bonchev–Trinajstić information content (AvgIpc) is 2.88. The highest BCUT2D eigenvalue weighted by atomic mass is 16.5. The van der Waals surface area contributed by atoms with Crippen molar-refractivity contribution < 1.29 is 38.6 Å². The van der Waals surface area contributed by atoms with Gasteiger partial charge >= 0.3 is 17.9 Å². The van der Waals surface area contributed by atoms with Gasteiger partial charge < -0.3 is 14.6 Å². The number of unbranched alkanes of at least 4 members (excludes halogenated alkanes) is 1. The summed E-state index contributed by atoms with van der Waals surface area (Å²) in [5.41, 5.74) is 0. The van der Waals surface area contributed by atoms with Crippen molar-refractivity contribution in [1.29, 1.82) is 0 Å². The Morgan fingerprint density at radius 1 is 1.15 bits per heavy atom. The van der Waals surface area contributed by atoms with Crippen LogP contribution in [0.2, 0.25) is 0 Å². The first-order valence-corrected chi connectivity index (χ1v) is 8.94. The van der Waals surface area contributed by atoms with Crippen molar-refractivity contribution in [2.24, 2.45) is 11.8 Å². The number of Topliss-reactive ketones (excluding diaryl/α,β-unsaturated/α-hetero) is 1. The van der Waals surface area contributed by atoms with E-state index >= 15 is 0 Å². The van der Waals surface area contributed by atoms with Gasteiger partial charge in [-0.15, -0.1) is 0 Å². The molecule has 0 radical (unpaired) electrons. The predicted molar refractivity (Wildman–Crippen MR) is 93.7 cm³/mol. The van der Waals surface area contributed by atoms with Gasteiger partial charge in [-0.2, -0.15) is 0 Å². The summed E-state index contributed by atoms with van der Waals surface area (Å²) in [6, 6.07) is 0. The molecule has 1 aliphatic rings. The molecule has 0 aromatic carbocycles. The van der Waals surface area contributed by atoms with E-state index in [4.69, 9.17) is 9.84 Å². The average molecular weight is 382 g/mol. The van der Waals surface area contributed by atoms with Crippen molar-refractivity contribution in [3.05, 3.63) is 12.2 Å². The van der Waals surface area contributed by atoms with E-state index in [1.165, 1.54) is 20.1 Å². The number of methoxy groups -OCH3 is 1. The predicted octanol–water partition coefficient (Wildman–Crippen LogP) is 1.85. The molecule has 0 aromatic heterocycles. The molecule has 1 fully saturated rings. The number of hydrogen-bond donors (Lipinski definition) is 1. The minimum atomic E-state index is -1.01. The molecule has 27 heavy (non-hydrogen) atoms. The van der Waals surface area contributed by atoms with Crippen LogP contribution < -0.4 is 0 Å². The third-order valence-corrected chi connectivity index (χ3v) is 4.48. The molecule has 0 spiro atoms. The number of carboxylic acids is 1. The Morgan fingerprint density at radius 3 is 2.41 bits per heavy atom. The third kappa shape index (κ3) is 8.15. The Balaban J connectivity index is 2.67. The molecule has 8 nitrogen and oxygen atoms in total. The maximum Gasteiger partial charge on any atom is 0.305 e. The Kier molecular flexibility index (Phi) is 9.39. The molecule has 0 bridgehead atoms. The zero-order chi connectivity index (χ0) is 20.4. The van der Waals surface area contributed by atoms with E-state index in [1.54, 1.807) is 6.08 Å². The molecule has 0 aliphatic heterocycles. The van der Waals surface area contributed by atoms with Gasteiger partial charge in [0.05, 0.1) is 7.11 Å². The Hall–Kier alpha value is -2.51. The highest BCUT2D eigenvalue weighted by Gasteiger charge is 2.42. The highest BCUT2D eigenvalue weighted by Crippen LogP contribution is 2.35. The summed E-state index contributed by atoms with van der Waals surface area (Å²) in [6.45, 7) is 1.24. The second-order valence-electron chi connectivity index (χ2n) is 6.54. The summed E-state index contributed by atoms with van der Waals surface area (Å²) < 4.78 is 9.70. The van der Waals surface area contributed by atoms with Crippen molar-refractivity contribution >= 4 is 29.5 Å². The van der Waals surface area contributed by atoms with Crippen molar-refractivity contribution in [2.75, 3.05) is 7.11 Å². The van der Waals surface area contributed by atoms with Crippen LogP contribution in [0.5, 0.6) is 0 Å². The first-order chi connectivity index (χ1) is 12.7. The van der Waals surface area contributed by atoms with Gasteiger partial charge in [0.15, 0.2) is 5.78 Å². The number of hydrogen-bond acceptors (Lipinski definition) is 7. The SMILES string of the molecule is COC(=O)CCCCC(=O)C=CC1[C@@H](OC(C)=O)CC(=O)[C@H]1CCC(=O)O. The Morgan fingerprint density at radius 2 is 1.81 bits per heavy atom. The van der Waals surface area contributed by atoms with Gasteiger partial charge in [0.1, 0.15) is 11.9 Å². The summed E-state index contributed by atoms with van der Waals surface area (Å²) >= 11 is 0. The molecule has 0 aromatic rings.